The molecule has 0 saturated heterocycles. The minimum Gasteiger partial charge on any atom is -0.452 e. The summed E-state index contributed by atoms with van der Waals surface area (Å²) in [4.78, 5) is 61.3. The molecule has 35 heavy (non-hydrogen) atoms. The standard InChI is InChI=1S/C24H38BN4O6/c1-14(2)21(27-17(5)31)24(34)28-19(13-18-9-7-6-8-10-18)23(33)26-16(4)22(32)29-20(25-35)12-11-15(3)30/h7,9-10,14,16,19-21,35H,6,8,11-13H2,1-5H3,(H,26,33)(H,27,31)(H,28,34)(H,29,32)/t16-,19?,20?,21-/m0/s1. The Balaban J connectivity index is 2.92. The third kappa shape index (κ3) is 11.4. The van der Waals surface area contributed by atoms with E-state index in [1.807, 2.05) is 18.2 Å². The second-order valence-electron chi connectivity index (χ2n) is 9.18. The van der Waals surface area contributed by atoms with Gasteiger partial charge in [-0.2, -0.15) is 0 Å². The molecule has 1 aliphatic rings. The van der Waals surface area contributed by atoms with Crippen LogP contribution in [0.3, 0.4) is 0 Å². The first kappa shape index (κ1) is 30.1. The molecule has 5 N–H and O–H groups in total. The number of amides is 4. The van der Waals surface area contributed by atoms with E-state index in [1.54, 1.807) is 13.8 Å². The lowest BCUT2D eigenvalue weighted by atomic mass is 9.84. The Morgan fingerprint density at radius 1 is 0.943 bits per heavy atom. The Hall–Kier alpha value is -2.95. The molecule has 0 saturated carbocycles. The topological polar surface area (TPSA) is 154 Å². The molecule has 0 aromatic rings. The number of hydrogen-bond acceptors (Lipinski definition) is 6. The molecule has 2 unspecified atom stereocenters. The van der Waals surface area contributed by atoms with Crippen LogP contribution in [0.1, 0.15) is 66.7 Å². The predicted octanol–water partition coefficient (Wildman–Crippen LogP) is 0.226. The van der Waals surface area contributed by atoms with Crippen LogP contribution in [0.2, 0.25) is 0 Å². The third-order valence-corrected chi connectivity index (χ3v) is 5.52. The van der Waals surface area contributed by atoms with Gasteiger partial charge in [0.25, 0.3) is 0 Å². The fraction of sp³-hybridized carbons (Fsp3) is 0.625. The molecule has 1 aliphatic carbocycles. The average molecular weight is 489 g/mol. The number of carbonyl (C=O) groups excluding carboxylic acids is 5. The number of hydrogen-bond donors (Lipinski definition) is 5. The van der Waals surface area contributed by atoms with E-state index >= 15 is 0 Å². The van der Waals surface area contributed by atoms with Gasteiger partial charge in [-0.15, -0.1) is 0 Å². The summed E-state index contributed by atoms with van der Waals surface area (Å²) >= 11 is 0. The summed E-state index contributed by atoms with van der Waals surface area (Å²) in [7, 11) is 0.800. The van der Waals surface area contributed by atoms with Gasteiger partial charge in [0.2, 0.25) is 23.6 Å². The number of carbonyl (C=O) groups is 5. The summed E-state index contributed by atoms with van der Waals surface area (Å²) in [6, 6.07) is -2.75. The van der Waals surface area contributed by atoms with E-state index in [0.717, 1.165) is 25.9 Å². The molecule has 11 heteroatoms. The van der Waals surface area contributed by atoms with Crippen molar-refractivity contribution in [3.63, 3.8) is 0 Å². The van der Waals surface area contributed by atoms with Gasteiger partial charge in [0, 0.05) is 25.7 Å². The van der Waals surface area contributed by atoms with Crippen LogP contribution in [-0.2, 0) is 24.0 Å². The van der Waals surface area contributed by atoms with Gasteiger partial charge in [0.15, 0.2) is 0 Å². The number of rotatable bonds is 14. The minimum absolute atomic E-state index is 0.0731. The SMILES string of the molecule is CC(=O)CCC([B]O)NC(=O)[C@H](C)NC(=O)C(CC1=CCCC=C1)NC(=O)[C@@H](NC(C)=O)C(C)C. The molecule has 4 amide bonds. The highest BCUT2D eigenvalue weighted by molar-refractivity contribution is 6.28. The van der Waals surface area contributed by atoms with Gasteiger partial charge in [-0.25, -0.2) is 0 Å². The lowest BCUT2D eigenvalue weighted by Gasteiger charge is -2.26. The zero-order chi connectivity index (χ0) is 26.5. The molecule has 0 aromatic heterocycles. The van der Waals surface area contributed by atoms with Crippen molar-refractivity contribution >= 4 is 36.9 Å². The number of ketones is 1. The van der Waals surface area contributed by atoms with Gasteiger partial charge in [-0.3, -0.25) is 19.2 Å². The maximum Gasteiger partial charge on any atom is 0.311 e. The summed E-state index contributed by atoms with van der Waals surface area (Å²) < 4.78 is 0. The third-order valence-electron chi connectivity index (χ3n) is 5.52. The highest BCUT2D eigenvalue weighted by atomic mass is 16.2. The van der Waals surface area contributed by atoms with Crippen molar-refractivity contribution < 1.29 is 29.0 Å². The lowest BCUT2D eigenvalue weighted by molar-refractivity contribution is -0.134. The van der Waals surface area contributed by atoms with E-state index in [4.69, 9.17) is 0 Å². The smallest absolute Gasteiger partial charge is 0.311 e. The molecule has 0 aliphatic heterocycles. The molecule has 0 heterocycles. The maximum absolute atomic E-state index is 13.1. The van der Waals surface area contributed by atoms with Crippen molar-refractivity contribution in [3.8, 4) is 0 Å². The van der Waals surface area contributed by atoms with Gasteiger partial charge in [0.05, 0.1) is 0 Å². The maximum atomic E-state index is 13.1. The quantitative estimate of drug-likeness (QED) is 0.220. The Morgan fingerprint density at radius 3 is 2.14 bits per heavy atom. The summed E-state index contributed by atoms with van der Waals surface area (Å²) in [6.07, 6.45) is 8.24. The molecule has 0 aromatic carbocycles. The Labute approximate surface area is 208 Å². The summed E-state index contributed by atoms with van der Waals surface area (Å²) in [5, 5.41) is 19.9. The van der Waals surface area contributed by atoms with Crippen LogP contribution in [0.4, 0.5) is 0 Å². The van der Waals surface area contributed by atoms with Crippen molar-refractivity contribution in [2.75, 3.05) is 0 Å². The van der Waals surface area contributed by atoms with Crippen molar-refractivity contribution in [2.45, 2.75) is 90.8 Å². The fourth-order valence-electron chi connectivity index (χ4n) is 3.51. The van der Waals surface area contributed by atoms with E-state index < -0.39 is 41.8 Å². The number of Topliss-reactive ketones (excluding diaryl/α,β-unsaturated/α-hetero) is 1. The molecule has 10 nitrogen and oxygen atoms in total. The first-order valence-corrected chi connectivity index (χ1v) is 11.9. The molecule has 4 atom stereocenters. The predicted molar refractivity (Wildman–Crippen MR) is 133 cm³/mol. The van der Waals surface area contributed by atoms with E-state index in [2.05, 4.69) is 21.3 Å². The number of allylic oxidation sites excluding steroid dienone is 3. The summed E-state index contributed by atoms with van der Waals surface area (Å²) in [5.74, 6) is -2.96. The van der Waals surface area contributed by atoms with E-state index in [9.17, 15) is 29.0 Å². The van der Waals surface area contributed by atoms with Crippen molar-refractivity contribution in [1.29, 1.82) is 0 Å². The summed E-state index contributed by atoms with van der Waals surface area (Å²) in [6.45, 7) is 7.79. The van der Waals surface area contributed by atoms with E-state index in [-0.39, 0.29) is 36.9 Å². The molecule has 0 spiro atoms. The first-order valence-electron chi connectivity index (χ1n) is 11.9. The van der Waals surface area contributed by atoms with Crippen LogP contribution < -0.4 is 21.3 Å². The number of nitrogens with one attached hydrogen (secondary N) is 4. The zero-order valence-corrected chi connectivity index (χ0v) is 21.2. The Kier molecular flexibility index (Phi) is 13.0. The highest BCUT2D eigenvalue weighted by Gasteiger charge is 2.30. The second-order valence-corrected chi connectivity index (χ2v) is 9.18. The van der Waals surface area contributed by atoms with Gasteiger partial charge in [-0.05, 0) is 44.6 Å². The largest absolute Gasteiger partial charge is 0.452 e. The van der Waals surface area contributed by atoms with Gasteiger partial charge >= 0.3 is 7.48 Å². The fourth-order valence-corrected chi connectivity index (χ4v) is 3.51. The zero-order valence-electron chi connectivity index (χ0n) is 21.2. The van der Waals surface area contributed by atoms with Crippen LogP contribution in [0.25, 0.3) is 0 Å². The Bertz CT molecular complexity index is 842. The summed E-state index contributed by atoms with van der Waals surface area (Å²) in [5.41, 5.74) is 0.883. The average Bonchev–Trinajstić information content (AvgIpc) is 2.79. The van der Waals surface area contributed by atoms with E-state index in [0.29, 0.717) is 0 Å². The van der Waals surface area contributed by atoms with E-state index in [1.165, 1.54) is 20.8 Å². The molecule has 1 rings (SSSR count). The van der Waals surface area contributed by atoms with Crippen molar-refractivity contribution in [1.82, 2.24) is 21.3 Å². The van der Waals surface area contributed by atoms with Crippen molar-refractivity contribution in [3.05, 3.63) is 23.8 Å². The highest BCUT2D eigenvalue weighted by Crippen LogP contribution is 2.16. The lowest BCUT2D eigenvalue weighted by Crippen LogP contribution is -2.57. The Morgan fingerprint density at radius 2 is 1.63 bits per heavy atom. The second kappa shape index (κ2) is 15.1. The van der Waals surface area contributed by atoms with Crippen LogP contribution in [-0.4, -0.2) is 66.0 Å². The van der Waals surface area contributed by atoms with Crippen LogP contribution in [0.15, 0.2) is 23.8 Å². The van der Waals surface area contributed by atoms with Crippen molar-refractivity contribution in [2.24, 2.45) is 5.92 Å². The molecule has 193 valence electrons. The molecular formula is C24H38BN4O6. The minimum atomic E-state index is -0.973. The van der Waals surface area contributed by atoms with Crippen LogP contribution in [0.5, 0.6) is 0 Å². The van der Waals surface area contributed by atoms with Gasteiger partial charge in [-0.1, -0.05) is 32.1 Å². The van der Waals surface area contributed by atoms with Crippen LogP contribution in [0, 0.1) is 5.92 Å². The molecule has 0 bridgehead atoms. The monoisotopic (exact) mass is 489 g/mol. The molecule has 1 radical (unpaired) electrons. The normalized spacial score (nSPS) is 16.3. The van der Waals surface area contributed by atoms with Crippen LogP contribution >= 0.6 is 0 Å². The molecule has 0 fully saturated rings. The van der Waals surface area contributed by atoms with Gasteiger partial charge in [0.1, 0.15) is 23.9 Å². The first-order chi connectivity index (χ1) is 16.4. The van der Waals surface area contributed by atoms with Gasteiger partial charge < -0.3 is 31.1 Å². The molecular weight excluding hydrogens is 451 g/mol.